The smallest absolute Gasteiger partial charge is 0.436 e. The molecule has 0 atom stereocenters. The second-order valence-corrected chi connectivity index (χ2v) is 11.8. The van der Waals surface area contributed by atoms with Crippen molar-refractivity contribution in [2.75, 3.05) is 23.0 Å². The van der Waals surface area contributed by atoms with Crippen LogP contribution in [0.4, 0.5) is 0 Å². The molecule has 0 aromatic heterocycles. The summed E-state index contributed by atoms with van der Waals surface area (Å²) in [6, 6.07) is 0. The van der Waals surface area contributed by atoms with Crippen molar-refractivity contribution in [2.45, 2.75) is 27.7 Å². The van der Waals surface area contributed by atoms with E-state index in [4.69, 9.17) is 0 Å². The van der Waals surface area contributed by atoms with Crippen LogP contribution in [0.25, 0.3) is 8.25 Å². The molecule has 0 bridgehead atoms. The molecular formula is C8H20MgN2O8S4. The first-order valence-corrected chi connectivity index (χ1v) is 12.5. The normalized spacial score (nSPS) is 12.7. The summed E-state index contributed by atoms with van der Waals surface area (Å²) in [6.07, 6.45) is 0. The third-order valence-electron chi connectivity index (χ3n) is 1.91. The molecule has 0 aliphatic rings. The fraction of sp³-hybridized carbons (Fsp3) is 1.00. The van der Waals surface area contributed by atoms with E-state index in [1.54, 1.807) is 0 Å². The molecule has 0 spiro atoms. The van der Waals surface area contributed by atoms with Gasteiger partial charge in [0.05, 0.1) is 40.1 Å². The van der Waals surface area contributed by atoms with Crippen LogP contribution in [0.3, 0.4) is 0 Å². The molecule has 0 saturated carbocycles. The Balaban J connectivity index is -0.000000333. The Morgan fingerprint density at radius 3 is 0.696 bits per heavy atom. The molecule has 0 aromatic carbocycles. The largest absolute Gasteiger partial charge is 2.00 e. The summed E-state index contributed by atoms with van der Waals surface area (Å²) in [5, 5.41) is 0. The fourth-order valence-corrected chi connectivity index (χ4v) is 5.01. The molecule has 0 fully saturated rings. The minimum atomic E-state index is -3.75. The molecule has 23 heavy (non-hydrogen) atoms. The average molecular weight is 425 g/mol. The van der Waals surface area contributed by atoms with Gasteiger partial charge in [0.1, 0.15) is 0 Å². The third kappa shape index (κ3) is 15.7. The summed E-state index contributed by atoms with van der Waals surface area (Å²) >= 11 is 0. The second-order valence-electron chi connectivity index (χ2n) is 3.63. The van der Waals surface area contributed by atoms with Gasteiger partial charge >= 0.3 is 23.1 Å². The van der Waals surface area contributed by atoms with Gasteiger partial charge in [0, 0.05) is 23.0 Å². The average Bonchev–Trinajstić information content (AvgIpc) is 2.37. The summed E-state index contributed by atoms with van der Waals surface area (Å²) < 4.78 is 90.5. The van der Waals surface area contributed by atoms with Gasteiger partial charge in [-0.2, -0.15) is 0 Å². The van der Waals surface area contributed by atoms with Crippen LogP contribution in [0.5, 0.6) is 0 Å². The minimum Gasteiger partial charge on any atom is -0.436 e. The molecule has 0 unspecified atom stereocenters. The summed E-state index contributed by atoms with van der Waals surface area (Å²) in [5.74, 6) is -1.14. The Hall–Kier alpha value is 0.486. The van der Waals surface area contributed by atoms with Gasteiger partial charge in [0.15, 0.2) is 0 Å². The Bertz CT molecular complexity index is 610. The first-order chi connectivity index (χ1) is 9.66. The first kappa shape index (κ1) is 28.3. The van der Waals surface area contributed by atoms with Crippen LogP contribution >= 0.6 is 0 Å². The topological polar surface area (TPSA) is 165 Å². The molecule has 0 saturated heterocycles. The van der Waals surface area contributed by atoms with Crippen LogP contribution in [0.1, 0.15) is 27.7 Å². The molecular weight excluding hydrogens is 405 g/mol. The van der Waals surface area contributed by atoms with E-state index in [-0.39, 0.29) is 46.1 Å². The maximum atomic E-state index is 10.6. The predicted octanol–water partition coefficient (Wildman–Crippen LogP) is -0.262. The first-order valence-electron chi connectivity index (χ1n) is 6.05. The van der Waals surface area contributed by atoms with Crippen LogP contribution < -0.4 is 0 Å². The molecule has 136 valence electrons. The van der Waals surface area contributed by atoms with Crippen molar-refractivity contribution < 1.29 is 33.7 Å². The molecule has 0 rings (SSSR count). The van der Waals surface area contributed by atoms with Crippen LogP contribution in [0.15, 0.2) is 0 Å². The monoisotopic (exact) mass is 424 g/mol. The molecule has 0 radical (unpaired) electrons. The van der Waals surface area contributed by atoms with Gasteiger partial charge in [-0.3, -0.25) is 0 Å². The molecule has 0 aliphatic heterocycles. The molecule has 0 heterocycles. The van der Waals surface area contributed by atoms with E-state index in [2.05, 4.69) is 8.25 Å². The number of hydrogen-bond acceptors (Lipinski definition) is 8. The minimum absolute atomic E-state index is 0. The summed E-state index contributed by atoms with van der Waals surface area (Å²) in [4.78, 5) is 0. The number of hydrogen-bond donors (Lipinski definition) is 0. The van der Waals surface area contributed by atoms with Gasteiger partial charge in [-0.15, -0.1) is 0 Å². The maximum absolute atomic E-state index is 10.6. The van der Waals surface area contributed by atoms with E-state index in [0.29, 0.717) is 0 Å². The van der Waals surface area contributed by atoms with Crippen molar-refractivity contribution in [3.63, 3.8) is 0 Å². The number of sulfonamides is 4. The van der Waals surface area contributed by atoms with E-state index in [1.807, 2.05) is 0 Å². The SMILES string of the molecule is CCS(=O)(=O)[N-]S(=O)(=O)CC.CCS(=O)(=O)[N-]S(=O)(=O)CC.[Mg+2]. The van der Waals surface area contributed by atoms with Crippen molar-refractivity contribution in [1.82, 2.24) is 0 Å². The molecule has 0 N–H and O–H groups in total. The number of nitrogens with zero attached hydrogens (tertiary/aromatic N) is 2. The van der Waals surface area contributed by atoms with E-state index in [1.165, 1.54) is 27.7 Å². The van der Waals surface area contributed by atoms with Gasteiger partial charge in [-0.1, -0.05) is 27.7 Å². The van der Waals surface area contributed by atoms with Crippen molar-refractivity contribution in [1.29, 1.82) is 0 Å². The van der Waals surface area contributed by atoms with Crippen molar-refractivity contribution in [3.05, 3.63) is 8.25 Å². The zero-order valence-electron chi connectivity index (χ0n) is 13.3. The number of rotatable bonds is 8. The molecule has 0 aromatic rings. The Labute approximate surface area is 155 Å². The van der Waals surface area contributed by atoms with Gasteiger partial charge < -0.3 is 8.25 Å². The van der Waals surface area contributed by atoms with Crippen molar-refractivity contribution >= 4 is 63.1 Å². The molecule has 15 heteroatoms. The molecule has 0 amide bonds. The third-order valence-corrected chi connectivity index (χ3v) is 8.47. The quantitative estimate of drug-likeness (QED) is 0.480. The van der Waals surface area contributed by atoms with Crippen LogP contribution in [0, 0.1) is 0 Å². The fourth-order valence-electron chi connectivity index (χ4n) is 0.557. The Morgan fingerprint density at radius 1 is 0.478 bits per heavy atom. The zero-order valence-corrected chi connectivity index (χ0v) is 18.0. The van der Waals surface area contributed by atoms with E-state index >= 15 is 0 Å². The van der Waals surface area contributed by atoms with Crippen molar-refractivity contribution in [2.24, 2.45) is 0 Å². The van der Waals surface area contributed by atoms with Crippen LogP contribution in [0.2, 0.25) is 0 Å². The van der Waals surface area contributed by atoms with Crippen molar-refractivity contribution in [3.8, 4) is 0 Å². The summed E-state index contributed by atoms with van der Waals surface area (Å²) in [6.45, 7) is 5.35. The predicted molar refractivity (Wildman–Crippen MR) is 90.3 cm³/mol. The second kappa shape index (κ2) is 11.2. The zero-order chi connectivity index (χ0) is 18.2. The standard InChI is InChI=1S/2C4H10NO4S2.Mg/c2*1-3-10(6,7)5-11(8,9)4-2;/h2*3-4H2,1-2H3;/q2*-1;+2. The van der Waals surface area contributed by atoms with Crippen LogP contribution in [-0.4, -0.2) is 79.7 Å². The summed E-state index contributed by atoms with van der Waals surface area (Å²) in [7, 11) is -15.0. The van der Waals surface area contributed by atoms with Gasteiger partial charge in [0.2, 0.25) is 0 Å². The van der Waals surface area contributed by atoms with E-state index < -0.39 is 40.1 Å². The van der Waals surface area contributed by atoms with Gasteiger partial charge in [-0.05, 0) is 0 Å². The van der Waals surface area contributed by atoms with E-state index in [9.17, 15) is 33.7 Å². The van der Waals surface area contributed by atoms with Gasteiger partial charge in [0.25, 0.3) is 0 Å². The summed E-state index contributed by atoms with van der Waals surface area (Å²) in [5.41, 5.74) is 0. The van der Waals surface area contributed by atoms with Crippen LogP contribution in [-0.2, 0) is 40.1 Å². The van der Waals surface area contributed by atoms with Gasteiger partial charge in [-0.25, -0.2) is 33.7 Å². The molecule has 10 nitrogen and oxygen atoms in total. The maximum Gasteiger partial charge on any atom is 2.00 e. The Morgan fingerprint density at radius 2 is 0.609 bits per heavy atom. The molecule has 0 aliphatic carbocycles. The Kier molecular flexibility index (Phi) is 13.7. The van der Waals surface area contributed by atoms with E-state index in [0.717, 1.165) is 0 Å².